The maximum Gasteiger partial charge on any atom is 0.410 e. The second kappa shape index (κ2) is 9.60. The van der Waals surface area contributed by atoms with Gasteiger partial charge in [0.15, 0.2) is 5.78 Å². The first-order valence-corrected chi connectivity index (χ1v) is 10.7. The van der Waals surface area contributed by atoms with Crippen molar-refractivity contribution >= 4 is 11.9 Å². The molecule has 2 aromatic carbocycles. The smallest absolute Gasteiger partial charge is 0.410 e. The molecule has 1 aliphatic heterocycles. The van der Waals surface area contributed by atoms with Gasteiger partial charge in [-0.2, -0.15) is 0 Å². The van der Waals surface area contributed by atoms with E-state index in [4.69, 9.17) is 4.74 Å². The summed E-state index contributed by atoms with van der Waals surface area (Å²) in [6.45, 7) is 11.2. The van der Waals surface area contributed by atoms with Crippen LogP contribution < -0.4 is 0 Å². The Balaban J connectivity index is 1.55. The summed E-state index contributed by atoms with van der Waals surface area (Å²) in [7, 11) is 0. The largest absolute Gasteiger partial charge is 0.444 e. The van der Waals surface area contributed by atoms with Crippen molar-refractivity contribution in [3.05, 3.63) is 70.5 Å². The van der Waals surface area contributed by atoms with Gasteiger partial charge in [-0.3, -0.25) is 9.69 Å². The van der Waals surface area contributed by atoms with Crippen LogP contribution in [0.15, 0.2) is 42.5 Å². The van der Waals surface area contributed by atoms with Gasteiger partial charge < -0.3 is 9.64 Å². The van der Waals surface area contributed by atoms with Gasteiger partial charge in [-0.15, -0.1) is 0 Å². The van der Waals surface area contributed by atoms with E-state index < -0.39 is 11.4 Å². The molecule has 31 heavy (non-hydrogen) atoms. The van der Waals surface area contributed by atoms with Crippen molar-refractivity contribution in [3.8, 4) is 0 Å². The van der Waals surface area contributed by atoms with Crippen molar-refractivity contribution in [2.24, 2.45) is 0 Å². The minimum absolute atomic E-state index is 0.133. The Morgan fingerprint density at radius 2 is 1.71 bits per heavy atom. The first-order chi connectivity index (χ1) is 14.6. The van der Waals surface area contributed by atoms with Crippen LogP contribution in [0.4, 0.5) is 9.18 Å². The molecule has 1 aliphatic rings. The molecule has 166 valence electrons. The van der Waals surface area contributed by atoms with E-state index in [9.17, 15) is 14.0 Å². The lowest BCUT2D eigenvalue weighted by Gasteiger charge is -2.35. The highest BCUT2D eigenvalue weighted by atomic mass is 19.1. The van der Waals surface area contributed by atoms with Crippen molar-refractivity contribution in [1.82, 2.24) is 9.80 Å². The Morgan fingerprint density at radius 1 is 1.03 bits per heavy atom. The van der Waals surface area contributed by atoms with Crippen LogP contribution in [-0.4, -0.2) is 53.5 Å². The summed E-state index contributed by atoms with van der Waals surface area (Å²) in [5, 5.41) is 0. The lowest BCUT2D eigenvalue weighted by Crippen LogP contribution is -2.49. The third-order valence-corrected chi connectivity index (χ3v) is 5.36. The molecule has 5 nitrogen and oxygen atoms in total. The van der Waals surface area contributed by atoms with Gasteiger partial charge >= 0.3 is 6.09 Å². The SMILES string of the molecule is Cc1cc(CN2CCN(C(=O)OC(C)(C)C)CC2)ccc1CC(=O)c1ccccc1F. The van der Waals surface area contributed by atoms with E-state index in [1.807, 2.05) is 39.8 Å². The normalized spacial score (nSPS) is 15.1. The van der Waals surface area contributed by atoms with Crippen LogP contribution in [0.2, 0.25) is 0 Å². The van der Waals surface area contributed by atoms with Crippen LogP contribution >= 0.6 is 0 Å². The zero-order valence-corrected chi connectivity index (χ0v) is 18.8. The van der Waals surface area contributed by atoms with Crippen molar-refractivity contribution in [2.75, 3.05) is 26.2 Å². The van der Waals surface area contributed by atoms with Crippen molar-refractivity contribution in [3.63, 3.8) is 0 Å². The molecule has 6 heteroatoms. The molecule has 1 saturated heterocycles. The molecule has 0 atom stereocenters. The summed E-state index contributed by atoms with van der Waals surface area (Å²) < 4.78 is 19.3. The number of rotatable bonds is 5. The van der Waals surface area contributed by atoms with Gasteiger partial charge in [-0.05, 0) is 56.5 Å². The van der Waals surface area contributed by atoms with E-state index in [0.717, 1.165) is 36.3 Å². The molecular weight excluding hydrogens is 395 g/mol. The number of ether oxygens (including phenoxy) is 1. The lowest BCUT2D eigenvalue weighted by atomic mass is 9.97. The highest BCUT2D eigenvalue weighted by molar-refractivity contribution is 5.97. The average molecular weight is 427 g/mol. The van der Waals surface area contributed by atoms with Gasteiger partial charge in [0, 0.05) is 39.1 Å². The molecule has 0 unspecified atom stereocenters. The predicted octanol–water partition coefficient (Wildman–Crippen LogP) is 4.61. The summed E-state index contributed by atoms with van der Waals surface area (Å²) in [6, 6.07) is 12.2. The van der Waals surface area contributed by atoms with Crippen molar-refractivity contribution in [2.45, 2.75) is 46.3 Å². The number of ketones is 1. The molecule has 0 bridgehead atoms. The topological polar surface area (TPSA) is 49.9 Å². The number of hydrogen-bond donors (Lipinski definition) is 0. The molecule has 0 spiro atoms. The molecule has 2 aromatic rings. The van der Waals surface area contributed by atoms with Crippen LogP contribution in [0.5, 0.6) is 0 Å². The number of hydrogen-bond acceptors (Lipinski definition) is 4. The summed E-state index contributed by atoms with van der Waals surface area (Å²) in [4.78, 5) is 28.7. The first-order valence-electron chi connectivity index (χ1n) is 10.7. The highest BCUT2D eigenvalue weighted by Gasteiger charge is 2.25. The van der Waals surface area contributed by atoms with Crippen LogP contribution in [0.25, 0.3) is 0 Å². The number of halogens is 1. The minimum atomic E-state index is -0.485. The van der Waals surface area contributed by atoms with Crippen LogP contribution in [0.1, 0.15) is 47.8 Å². The number of nitrogens with zero attached hydrogens (tertiary/aromatic N) is 2. The maximum absolute atomic E-state index is 13.9. The van der Waals surface area contributed by atoms with Crippen LogP contribution in [0, 0.1) is 12.7 Å². The quantitative estimate of drug-likeness (QED) is 0.655. The summed E-state index contributed by atoms with van der Waals surface area (Å²) in [5.74, 6) is -0.695. The fourth-order valence-electron chi connectivity index (χ4n) is 3.68. The van der Waals surface area contributed by atoms with E-state index in [2.05, 4.69) is 11.0 Å². The zero-order valence-electron chi connectivity index (χ0n) is 18.8. The van der Waals surface area contributed by atoms with Gasteiger partial charge in [0.1, 0.15) is 11.4 Å². The number of Topliss-reactive ketones (excluding diaryl/α,β-unsaturated/α-hetero) is 1. The number of amides is 1. The second-order valence-corrected chi connectivity index (χ2v) is 9.08. The second-order valence-electron chi connectivity index (χ2n) is 9.08. The molecule has 0 aromatic heterocycles. The molecule has 1 fully saturated rings. The Morgan fingerprint density at radius 3 is 2.32 bits per heavy atom. The molecule has 1 heterocycles. The van der Waals surface area contributed by atoms with Gasteiger partial charge in [-0.25, -0.2) is 9.18 Å². The Hall–Kier alpha value is -2.73. The number of carbonyl (C=O) groups excluding carboxylic acids is 2. The van der Waals surface area contributed by atoms with E-state index in [1.54, 1.807) is 17.0 Å². The van der Waals surface area contributed by atoms with E-state index >= 15 is 0 Å². The maximum atomic E-state index is 13.9. The minimum Gasteiger partial charge on any atom is -0.444 e. The molecule has 3 rings (SSSR count). The Labute approximate surface area is 183 Å². The highest BCUT2D eigenvalue weighted by Crippen LogP contribution is 2.18. The Bertz CT molecular complexity index is 944. The Kier molecular flexibility index (Phi) is 7.11. The number of piperazine rings is 1. The zero-order chi connectivity index (χ0) is 22.6. The summed E-state index contributed by atoms with van der Waals surface area (Å²) in [6.07, 6.45) is -0.0754. The molecule has 0 radical (unpaired) electrons. The standard InChI is InChI=1S/C25H31FN2O3/c1-18-15-19(9-10-20(18)16-23(29)21-7-5-6-8-22(21)26)17-27-11-13-28(14-12-27)24(30)31-25(2,3)4/h5-10,15H,11-14,16-17H2,1-4H3. The van der Waals surface area contributed by atoms with Crippen molar-refractivity contribution < 1.29 is 18.7 Å². The first kappa shape index (κ1) is 22.9. The number of benzene rings is 2. The van der Waals surface area contributed by atoms with Gasteiger partial charge in [0.2, 0.25) is 0 Å². The van der Waals surface area contributed by atoms with Gasteiger partial charge in [0.05, 0.1) is 5.56 Å². The molecule has 0 saturated carbocycles. The molecule has 1 amide bonds. The number of aryl methyl sites for hydroxylation is 1. The van der Waals surface area contributed by atoms with E-state index in [1.165, 1.54) is 12.1 Å². The monoisotopic (exact) mass is 426 g/mol. The molecule has 0 N–H and O–H groups in total. The molecule has 0 aliphatic carbocycles. The fraction of sp³-hybridized carbons (Fsp3) is 0.440. The third kappa shape index (κ3) is 6.37. The van der Waals surface area contributed by atoms with E-state index in [0.29, 0.717) is 13.1 Å². The predicted molar refractivity (Wildman–Crippen MR) is 119 cm³/mol. The fourth-order valence-corrected chi connectivity index (χ4v) is 3.68. The van der Waals surface area contributed by atoms with Crippen LogP contribution in [-0.2, 0) is 17.7 Å². The lowest BCUT2D eigenvalue weighted by molar-refractivity contribution is 0.0139. The van der Waals surface area contributed by atoms with E-state index in [-0.39, 0.29) is 23.9 Å². The number of carbonyl (C=O) groups is 2. The van der Waals surface area contributed by atoms with Crippen LogP contribution in [0.3, 0.4) is 0 Å². The van der Waals surface area contributed by atoms with Gasteiger partial charge in [0.25, 0.3) is 0 Å². The third-order valence-electron chi connectivity index (χ3n) is 5.36. The summed E-state index contributed by atoms with van der Waals surface area (Å²) >= 11 is 0. The molecular formula is C25H31FN2O3. The van der Waals surface area contributed by atoms with Crippen molar-refractivity contribution in [1.29, 1.82) is 0 Å². The van der Waals surface area contributed by atoms with Gasteiger partial charge in [-0.1, -0.05) is 30.3 Å². The summed E-state index contributed by atoms with van der Waals surface area (Å²) in [5.41, 5.74) is 2.74. The average Bonchev–Trinajstić information content (AvgIpc) is 2.69.